The molecule has 0 saturated carbocycles. The van der Waals surface area contributed by atoms with Gasteiger partial charge in [-0.1, -0.05) is 121 Å². The van der Waals surface area contributed by atoms with E-state index < -0.39 is 0 Å². The second-order valence-electron chi connectivity index (χ2n) is 14.2. The summed E-state index contributed by atoms with van der Waals surface area (Å²) in [6.07, 6.45) is 0. The Morgan fingerprint density at radius 2 is 0.709 bits per heavy atom. The quantitative estimate of drug-likeness (QED) is 0.173. The molecule has 0 N–H and O–H groups in total. The molecule has 2 aromatic heterocycles. The van der Waals surface area contributed by atoms with Crippen LogP contribution in [0.1, 0.15) is 0 Å². The normalized spacial score (nSPS) is 11.6. The van der Waals surface area contributed by atoms with E-state index in [1.54, 1.807) is 0 Å². The van der Waals surface area contributed by atoms with Crippen molar-refractivity contribution in [1.82, 2.24) is 0 Å². The van der Waals surface area contributed by atoms with Crippen molar-refractivity contribution in [3.05, 3.63) is 200 Å². The maximum atomic E-state index is 6.22. The Morgan fingerprint density at radius 3 is 1.38 bits per heavy atom. The molecule has 0 spiro atoms. The Hall–Kier alpha value is -7.36. The zero-order valence-electron chi connectivity index (χ0n) is 29.8. The molecular weight excluding hydrogens is 671 g/mol. The first kappa shape index (κ1) is 31.2. The van der Waals surface area contributed by atoms with Crippen LogP contribution in [0.5, 0.6) is 0 Å². The Bertz CT molecular complexity index is 3200. The number of fused-ring (bicyclic) bond motifs is 7. The first-order valence-corrected chi connectivity index (χ1v) is 18.6. The lowest BCUT2D eigenvalue weighted by Gasteiger charge is -2.26. The number of anilines is 3. The molecule has 0 atom stereocenters. The van der Waals surface area contributed by atoms with E-state index in [2.05, 4.69) is 181 Å². The molecule has 0 aliphatic heterocycles. The van der Waals surface area contributed by atoms with E-state index in [1.807, 2.05) is 24.3 Å². The van der Waals surface area contributed by atoms with Crippen molar-refractivity contribution < 1.29 is 8.83 Å². The van der Waals surface area contributed by atoms with Crippen LogP contribution in [0, 0.1) is 0 Å². The number of hydrogen-bond donors (Lipinski definition) is 0. The summed E-state index contributed by atoms with van der Waals surface area (Å²) in [4.78, 5) is 2.33. The second-order valence-corrected chi connectivity index (χ2v) is 14.2. The number of hydrogen-bond acceptors (Lipinski definition) is 3. The minimum atomic E-state index is 0.879. The molecule has 3 heteroatoms. The standard InChI is InChI=1S/C52H33NO2/c1-2-9-37-31-40(17-16-34(37)8-1)39-11-7-10-38(30-39)35-18-23-42(24-19-35)53(44-27-29-52-48(33-44)46-13-4-6-15-50(46)55-52)43-25-20-36(21-26-43)41-22-28-51-47(32-41)45-12-3-5-14-49(45)54-51/h1-33H. The van der Waals surface area contributed by atoms with Crippen LogP contribution in [0.4, 0.5) is 17.1 Å². The van der Waals surface area contributed by atoms with Crippen molar-refractivity contribution in [2.24, 2.45) is 0 Å². The molecule has 3 nitrogen and oxygen atoms in total. The second kappa shape index (κ2) is 12.6. The van der Waals surface area contributed by atoms with Gasteiger partial charge in [-0.3, -0.25) is 0 Å². The van der Waals surface area contributed by atoms with Crippen LogP contribution in [-0.4, -0.2) is 0 Å². The molecular formula is C52H33NO2. The molecule has 2 heterocycles. The van der Waals surface area contributed by atoms with Crippen molar-refractivity contribution >= 4 is 71.7 Å². The summed E-state index contributed by atoms with van der Waals surface area (Å²) in [6, 6.07) is 71.2. The largest absolute Gasteiger partial charge is 0.456 e. The third-order valence-electron chi connectivity index (χ3n) is 10.9. The van der Waals surface area contributed by atoms with Crippen LogP contribution in [0.2, 0.25) is 0 Å². The molecule has 9 aromatic carbocycles. The molecule has 0 radical (unpaired) electrons. The summed E-state index contributed by atoms with van der Waals surface area (Å²) in [5.74, 6) is 0. The van der Waals surface area contributed by atoms with Gasteiger partial charge in [0.15, 0.2) is 0 Å². The average Bonchev–Trinajstić information content (AvgIpc) is 3.82. The molecule has 0 fully saturated rings. The summed E-state index contributed by atoms with van der Waals surface area (Å²) < 4.78 is 12.3. The Labute approximate surface area is 317 Å². The van der Waals surface area contributed by atoms with Gasteiger partial charge in [0.1, 0.15) is 22.3 Å². The average molecular weight is 704 g/mol. The zero-order chi connectivity index (χ0) is 36.3. The van der Waals surface area contributed by atoms with Crippen molar-refractivity contribution in [3.8, 4) is 33.4 Å². The molecule has 0 unspecified atom stereocenters. The highest BCUT2D eigenvalue weighted by Gasteiger charge is 2.17. The zero-order valence-corrected chi connectivity index (χ0v) is 29.8. The molecule has 258 valence electrons. The van der Waals surface area contributed by atoms with Crippen molar-refractivity contribution in [3.63, 3.8) is 0 Å². The van der Waals surface area contributed by atoms with Gasteiger partial charge in [-0.15, -0.1) is 0 Å². The van der Waals surface area contributed by atoms with E-state index in [0.717, 1.165) is 72.1 Å². The fourth-order valence-electron chi connectivity index (χ4n) is 8.06. The topological polar surface area (TPSA) is 29.5 Å². The minimum Gasteiger partial charge on any atom is -0.456 e. The Morgan fingerprint density at radius 1 is 0.255 bits per heavy atom. The van der Waals surface area contributed by atoms with Crippen LogP contribution in [0.15, 0.2) is 209 Å². The first-order chi connectivity index (χ1) is 27.2. The summed E-state index contributed by atoms with van der Waals surface area (Å²) in [5, 5.41) is 6.96. The molecule has 0 bridgehead atoms. The smallest absolute Gasteiger partial charge is 0.135 e. The third-order valence-corrected chi connectivity index (χ3v) is 10.9. The first-order valence-electron chi connectivity index (χ1n) is 18.6. The molecule has 0 amide bonds. The van der Waals surface area contributed by atoms with Gasteiger partial charge in [-0.05, 0) is 123 Å². The van der Waals surface area contributed by atoms with Crippen molar-refractivity contribution in [1.29, 1.82) is 0 Å². The summed E-state index contributed by atoms with van der Waals surface area (Å²) in [7, 11) is 0. The van der Waals surface area contributed by atoms with Gasteiger partial charge in [-0.25, -0.2) is 0 Å². The van der Waals surface area contributed by atoms with Crippen molar-refractivity contribution in [2.45, 2.75) is 0 Å². The molecule has 11 aromatic rings. The van der Waals surface area contributed by atoms with E-state index in [0.29, 0.717) is 0 Å². The number of furan rings is 2. The Balaban J connectivity index is 0.979. The van der Waals surface area contributed by atoms with E-state index in [4.69, 9.17) is 8.83 Å². The number of nitrogens with zero attached hydrogens (tertiary/aromatic N) is 1. The maximum Gasteiger partial charge on any atom is 0.135 e. The molecule has 0 saturated heterocycles. The number of rotatable bonds is 6. The number of para-hydroxylation sites is 2. The van der Waals surface area contributed by atoms with Crippen molar-refractivity contribution in [2.75, 3.05) is 4.90 Å². The lowest BCUT2D eigenvalue weighted by atomic mass is 9.97. The van der Waals surface area contributed by atoms with E-state index in [1.165, 1.54) is 33.0 Å². The van der Waals surface area contributed by atoms with Crippen LogP contribution in [0.3, 0.4) is 0 Å². The highest BCUT2D eigenvalue weighted by Crippen LogP contribution is 2.41. The van der Waals surface area contributed by atoms with E-state index >= 15 is 0 Å². The van der Waals surface area contributed by atoms with Crippen LogP contribution < -0.4 is 4.90 Å². The van der Waals surface area contributed by atoms with E-state index in [-0.39, 0.29) is 0 Å². The Kier molecular flexibility index (Phi) is 7.17. The predicted molar refractivity (Wildman–Crippen MR) is 229 cm³/mol. The summed E-state index contributed by atoms with van der Waals surface area (Å²) >= 11 is 0. The summed E-state index contributed by atoms with van der Waals surface area (Å²) in [5.41, 5.74) is 13.8. The fraction of sp³-hybridized carbons (Fsp3) is 0. The summed E-state index contributed by atoms with van der Waals surface area (Å²) in [6.45, 7) is 0. The van der Waals surface area contributed by atoms with E-state index in [9.17, 15) is 0 Å². The van der Waals surface area contributed by atoms with Gasteiger partial charge < -0.3 is 13.7 Å². The minimum absolute atomic E-state index is 0.879. The predicted octanol–water partition coefficient (Wildman–Crippen LogP) is 15.1. The van der Waals surface area contributed by atoms with Gasteiger partial charge in [-0.2, -0.15) is 0 Å². The van der Waals surface area contributed by atoms with Crippen LogP contribution >= 0.6 is 0 Å². The van der Waals surface area contributed by atoms with Crippen LogP contribution in [-0.2, 0) is 0 Å². The molecule has 55 heavy (non-hydrogen) atoms. The van der Waals surface area contributed by atoms with Gasteiger partial charge in [0.05, 0.1) is 0 Å². The SMILES string of the molecule is c1cc(-c2ccc(N(c3ccc(-c4ccc5oc6ccccc6c5c4)cc3)c3ccc4oc5ccccc5c4c3)cc2)cc(-c2ccc3ccccc3c2)c1. The number of benzene rings is 9. The third kappa shape index (κ3) is 5.45. The van der Waals surface area contributed by atoms with Crippen LogP contribution in [0.25, 0.3) is 88.0 Å². The van der Waals surface area contributed by atoms with Gasteiger partial charge >= 0.3 is 0 Å². The molecule has 0 aliphatic carbocycles. The lowest BCUT2D eigenvalue weighted by molar-refractivity contribution is 0.668. The highest BCUT2D eigenvalue weighted by atomic mass is 16.3. The fourth-order valence-corrected chi connectivity index (χ4v) is 8.06. The maximum absolute atomic E-state index is 6.22. The lowest BCUT2D eigenvalue weighted by Crippen LogP contribution is -2.09. The molecule has 11 rings (SSSR count). The van der Waals surface area contributed by atoms with Gasteiger partial charge in [0.25, 0.3) is 0 Å². The van der Waals surface area contributed by atoms with Gasteiger partial charge in [0, 0.05) is 38.6 Å². The highest BCUT2D eigenvalue weighted by molar-refractivity contribution is 6.07. The van der Waals surface area contributed by atoms with Gasteiger partial charge in [0.2, 0.25) is 0 Å². The monoisotopic (exact) mass is 703 g/mol. The molecule has 0 aliphatic rings.